The second-order valence-corrected chi connectivity index (χ2v) is 8.45. The fourth-order valence-electron chi connectivity index (χ4n) is 2.28. The lowest BCUT2D eigenvalue weighted by Gasteiger charge is -2.30. The van der Waals surface area contributed by atoms with Crippen molar-refractivity contribution in [1.82, 2.24) is 0 Å². The molecular weight excluding hydrogens is 220 g/mol. The molecule has 0 aromatic heterocycles. The Morgan fingerprint density at radius 3 is 1.81 bits per heavy atom. The molecule has 0 heterocycles. The highest BCUT2D eigenvalue weighted by molar-refractivity contribution is 6.75. The molecule has 3 nitrogen and oxygen atoms in total. The normalized spacial score (nSPS) is 11.5. The maximum Gasteiger partial charge on any atom is 0.294 e. The Labute approximate surface area is 100 Å². The highest BCUT2D eigenvalue weighted by Crippen LogP contribution is 2.27. The van der Waals surface area contributed by atoms with Crippen molar-refractivity contribution in [3.63, 3.8) is 0 Å². The Morgan fingerprint density at radius 2 is 1.50 bits per heavy atom. The Kier molecular flexibility index (Phi) is 8.57. The van der Waals surface area contributed by atoms with Crippen LogP contribution in [0.25, 0.3) is 0 Å². The topological polar surface area (TPSA) is 46.5 Å². The molecule has 0 bridgehead atoms. The van der Waals surface area contributed by atoms with Gasteiger partial charge in [-0.25, -0.2) is 0 Å². The fraction of sp³-hybridized carbons (Fsp3) is 0.917. The third-order valence-electron chi connectivity index (χ3n) is 2.76. The molecule has 0 atom stereocenters. The predicted octanol–water partition coefficient (Wildman–Crippen LogP) is 3.09. The summed E-state index contributed by atoms with van der Waals surface area (Å²) in [5.41, 5.74) is 0. The molecule has 96 valence electrons. The minimum atomic E-state index is -1.86. The van der Waals surface area contributed by atoms with Gasteiger partial charge in [0.25, 0.3) is 14.3 Å². The van der Waals surface area contributed by atoms with Crippen LogP contribution in [0.1, 0.15) is 46.5 Å². The van der Waals surface area contributed by atoms with E-state index in [0.717, 1.165) is 37.4 Å². The van der Waals surface area contributed by atoms with Crippen LogP contribution in [-0.4, -0.2) is 26.0 Å². The van der Waals surface area contributed by atoms with Gasteiger partial charge >= 0.3 is 0 Å². The maximum atomic E-state index is 11.5. The molecule has 0 aromatic rings. The van der Waals surface area contributed by atoms with Gasteiger partial charge in [0, 0.05) is 0 Å². The van der Waals surface area contributed by atoms with E-state index in [1.807, 2.05) is 0 Å². The van der Waals surface area contributed by atoms with E-state index in [4.69, 9.17) is 9.53 Å². The number of rotatable bonds is 9. The molecule has 16 heavy (non-hydrogen) atoms. The second-order valence-electron chi connectivity index (χ2n) is 4.38. The van der Waals surface area contributed by atoms with Crippen LogP contribution in [-0.2, 0) is 9.22 Å². The second kappa shape index (κ2) is 8.76. The Morgan fingerprint density at radius 1 is 1.06 bits per heavy atom. The highest BCUT2D eigenvalue weighted by Gasteiger charge is 2.35. The van der Waals surface area contributed by atoms with E-state index in [2.05, 4.69) is 20.8 Å². The third-order valence-corrected chi connectivity index (χ3v) is 7.66. The van der Waals surface area contributed by atoms with Crippen LogP contribution in [0.2, 0.25) is 18.1 Å². The third kappa shape index (κ3) is 5.65. The van der Waals surface area contributed by atoms with Crippen molar-refractivity contribution in [3.8, 4) is 0 Å². The van der Waals surface area contributed by atoms with Gasteiger partial charge in [-0.15, -0.1) is 0 Å². The van der Waals surface area contributed by atoms with E-state index < -0.39 is 8.32 Å². The van der Waals surface area contributed by atoms with E-state index in [0.29, 0.717) is 0 Å². The van der Waals surface area contributed by atoms with Gasteiger partial charge in [0.1, 0.15) is 0 Å². The summed E-state index contributed by atoms with van der Waals surface area (Å²) in [5.74, 6) is -0.204. The van der Waals surface area contributed by atoms with E-state index in [1.165, 1.54) is 0 Å². The molecule has 0 rings (SSSR count). The maximum absolute atomic E-state index is 11.5. The average Bonchev–Trinajstić information content (AvgIpc) is 2.18. The zero-order chi connectivity index (χ0) is 12.4. The molecule has 0 radical (unpaired) electrons. The first kappa shape index (κ1) is 15.6. The van der Waals surface area contributed by atoms with E-state index in [9.17, 15) is 4.79 Å². The molecule has 0 spiro atoms. The van der Waals surface area contributed by atoms with Gasteiger partial charge in [0.15, 0.2) is 0 Å². The van der Waals surface area contributed by atoms with Crippen LogP contribution in [0, 0.1) is 0 Å². The van der Waals surface area contributed by atoms with Gasteiger partial charge in [0.2, 0.25) is 0 Å². The standard InChI is InChI=1S/C12H26O3Si/c1-4-9-16(10-5-2,11-6-3)15-12(14)7-8-13/h13H,4-11H2,1-3H3. The van der Waals surface area contributed by atoms with Crippen molar-refractivity contribution in [3.05, 3.63) is 0 Å². The number of aliphatic hydroxyl groups is 1. The van der Waals surface area contributed by atoms with Crippen LogP contribution in [0.15, 0.2) is 0 Å². The molecule has 0 aliphatic rings. The van der Waals surface area contributed by atoms with Crippen LogP contribution in [0.5, 0.6) is 0 Å². The van der Waals surface area contributed by atoms with Gasteiger partial charge in [0.05, 0.1) is 13.0 Å². The Balaban J connectivity index is 4.51. The molecule has 0 aliphatic carbocycles. The smallest absolute Gasteiger partial charge is 0.294 e. The predicted molar refractivity (Wildman–Crippen MR) is 68.8 cm³/mol. The fourth-order valence-corrected chi connectivity index (χ4v) is 6.65. The molecule has 0 saturated heterocycles. The minimum absolute atomic E-state index is 0.103. The average molecular weight is 246 g/mol. The molecule has 0 aliphatic heterocycles. The van der Waals surface area contributed by atoms with Crippen molar-refractivity contribution >= 4 is 14.3 Å². The number of carbonyl (C=O) groups is 1. The first-order chi connectivity index (χ1) is 7.64. The van der Waals surface area contributed by atoms with Crippen molar-refractivity contribution < 1.29 is 14.3 Å². The van der Waals surface area contributed by atoms with E-state index in [1.54, 1.807) is 0 Å². The van der Waals surface area contributed by atoms with Gasteiger partial charge in [-0.3, -0.25) is 4.79 Å². The molecular formula is C12H26O3Si. The monoisotopic (exact) mass is 246 g/mol. The summed E-state index contributed by atoms with van der Waals surface area (Å²) in [7, 11) is -1.86. The molecule has 0 amide bonds. The largest absolute Gasteiger partial charge is 0.519 e. The Bertz CT molecular complexity index is 178. The van der Waals surface area contributed by atoms with Gasteiger partial charge < -0.3 is 9.53 Å². The Hall–Kier alpha value is -0.353. The summed E-state index contributed by atoms with van der Waals surface area (Å²) in [6.07, 6.45) is 3.39. The van der Waals surface area contributed by atoms with Crippen LogP contribution >= 0.6 is 0 Å². The van der Waals surface area contributed by atoms with Gasteiger partial charge in [-0.05, 0) is 18.1 Å². The quantitative estimate of drug-likeness (QED) is 0.636. The van der Waals surface area contributed by atoms with Crippen molar-refractivity contribution in [1.29, 1.82) is 0 Å². The van der Waals surface area contributed by atoms with Crippen molar-refractivity contribution in [2.24, 2.45) is 0 Å². The lowest BCUT2D eigenvalue weighted by Crippen LogP contribution is -2.40. The minimum Gasteiger partial charge on any atom is -0.519 e. The summed E-state index contributed by atoms with van der Waals surface area (Å²) < 4.78 is 5.74. The first-order valence-corrected chi connectivity index (χ1v) is 8.99. The number of carbonyl (C=O) groups excluding carboxylic acids is 1. The van der Waals surface area contributed by atoms with E-state index >= 15 is 0 Å². The lowest BCUT2D eigenvalue weighted by atomic mass is 10.5. The summed E-state index contributed by atoms with van der Waals surface area (Å²) in [6, 6.07) is 3.18. The van der Waals surface area contributed by atoms with Gasteiger partial charge in [-0.1, -0.05) is 40.0 Å². The molecule has 0 unspecified atom stereocenters. The highest BCUT2D eigenvalue weighted by atomic mass is 28.4. The number of hydrogen-bond acceptors (Lipinski definition) is 3. The molecule has 1 N–H and O–H groups in total. The molecule has 0 fully saturated rings. The summed E-state index contributed by atoms with van der Waals surface area (Å²) in [6.45, 7) is 6.33. The van der Waals surface area contributed by atoms with Crippen molar-refractivity contribution in [2.45, 2.75) is 64.6 Å². The first-order valence-electron chi connectivity index (χ1n) is 6.46. The molecule has 0 aromatic carbocycles. The zero-order valence-electron chi connectivity index (χ0n) is 10.9. The van der Waals surface area contributed by atoms with Gasteiger partial charge in [-0.2, -0.15) is 0 Å². The summed E-state index contributed by atoms with van der Waals surface area (Å²) in [4.78, 5) is 11.5. The van der Waals surface area contributed by atoms with Crippen molar-refractivity contribution in [2.75, 3.05) is 6.61 Å². The number of aliphatic hydroxyl groups excluding tert-OH is 1. The lowest BCUT2D eigenvalue weighted by molar-refractivity contribution is -0.136. The van der Waals surface area contributed by atoms with Crippen LogP contribution in [0.3, 0.4) is 0 Å². The zero-order valence-corrected chi connectivity index (χ0v) is 11.9. The SMILES string of the molecule is CCC[Si](CCC)(CCC)OC(=O)CCO. The summed E-state index contributed by atoms with van der Waals surface area (Å²) in [5, 5.41) is 8.74. The van der Waals surface area contributed by atoms with Crippen LogP contribution in [0.4, 0.5) is 0 Å². The number of hydrogen-bond donors (Lipinski definition) is 1. The summed E-state index contributed by atoms with van der Waals surface area (Å²) >= 11 is 0. The van der Waals surface area contributed by atoms with E-state index in [-0.39, 0.29) is 19.0 Å². The molecule has 0 saturated carbocycles. The molecule has 4 heteroatoms. The van der Waals surface area contributed by atoms with Crippen LogP contribution < -0.4 is 0 Å².